The highest BCUT2D eigenvalue weighted by atomic mass is 32.2. The molecule has 1 aliphatic heterocycles. The Morgan fingerprint density at radius 2 is 1.97 bits per heavy atom. The minimum Gasteiger partial charge on any atom is -0.493 e. The van der Waals surface area contributed by atoms with Gasteiger partial charge in [-0.25, -0.2) is 9.79 Å². The molecule has 1 amide bonds. The summed E-state index contributed by atoms with van der Waals surface area (Å²) in [6.07, 6.45) is 3.85. The number of carbonyl (C=O) groups is 2. The summed E-state index contributed by atoms with van der Waals surface area (Å²) in [7, 11) is 1.66. The van der Waals surface area contributed by atoms with E-state index in [9.17, 15) is 14.7 Å². The molecule has 7 heteroatoms. The summed E-state index contributed by atoms with van der Waals surface area (Å²) in [5, 5.41) is 11.8. The molecule has 0 unspecified atom stereocenters. The van der Waals surface area contributed by atoms with Crippen LogP contribution < -0.4 is 4.74 Å². The number of fused-ring (bicyclic) bond motifs is 1. The molecule has 0 bridgehead atoms. The van der Waals surface area contributed by atoms with Crippen LogP contribution in [0.25, 0.3) is 16.8 Å². The lowest BCUT2D eigenvalue weighted by atomic mass is 10.0. The monoisotopic (exact) mass is 460 g/mol. The van der Waals surface area contributed by atoms with Crippen molar-refractivity contribution in [3.05, 3.63) is 76.7 Å². The number of amides is 1. The third-order valence-electron chi connectivity index (χ3n) is 5.28. The number of likely N-dealkylation sites (N-methyl/N-ethyl adjacent to an activating group) is 1. The highest BCUT2D eigenvalue weighted by Gasteiger charge is 2.31. The van der Waals surface area contributed by atoms with E-state index in [1.165, 1.54) is 28.8 Å². The van der Waals surface area contributed by atoms with Gasteiger partial charge in [-0.05, 0) is 59.3 Å². The predicted molar refractivity (Wildman–Crippen MR) is 133 cm³/mol. The smallest absolute Gasteiger partial charge is 0.335 e. The van der Waals surface area contributed by atoms with Crippen LogP contribution in [-0.4, -0.2) is 40.7 Å². The van der Waals surface area contributed by atoms with E-state index in [1.54, 1.807) is 19.2 Å². The largest absolute Gasteiger partial charge is 0.493 e. The van der Waals surface area contributed by atoms with Crippen LogP contribution in [0.5, 0.6) is 5.75 Å². The molecule has 1 fully saturated rings. The third kappa shape index (κ3) is 4.93. The van der Waals surface area contributed by atoms with Crippen molar-refractivity contribution in [3.8, 4) is 5.75 Å². The Morgan fingerprint density at radius 1 is 1.15 bits per heavy atom. The number of aliphatic imine (C=N–C) groups is 1. The molecule has 0 saturated carbocycles. The van der Waals surface area contributed by atoms with Crippen LogP contribution in [0.3, 0.4) is 0 Å². The van der Waals surface area contributed by atoms with Gasteiger partial charge in [-0.3, -0.25) is 9.69 Å². The SMILES string of the molecule is CCCCOc1ccc2ccccc2c1/C=C1/SC(=Nc2cccc(C(=O)O)c2)N(C)C1=O. The number of rotatable bonds is 7. The summed E-state index contributed by atoms with van der Waals surface area (Å²) in [6, 6.07) is 18.3. The molecule has 0 aromatic heterocycles. The van der Waals surface area contributed by atoms with Gasteiger partial charge in [-0.1, -0.05) is 49.7 Å². The first kappa shape index (κ1) is 22.6. The number of ether oxygens (including phenoxy) is 1. The summed E-state index contributed by atoms with van der Waals surface area (Å²) in [4.78, 5) is 30.8. The molecular weight excluding hydrogens is 436 g/mol. The van der Waals surface area contributed by atoms with Crippen molar-refractivity contribution in [2.75, 3.05) is 13.7 Å². The standard InChI is InChI=1S/C26H24N2O4S/c1-3-4-14-32-22-13-12-17-8-5-6-11-20(17)21(22)16-23-24(29)28(2)26(33-23)27-19-10-7-9-18(15-19)25(30)31/h5-13,15-16H,3-4,14H2,1-2H3,(H,30,31)/b23-16+,27-26?. The maximum Gasteiger partial charge on any atom is 0.335 e. The first-order valence-electron chi connectivity index (χ1n) is 10.7. The lowest BCUT2D eigenvalue weighted by Crippen LogP contribution is -2.23. The van der Waals surface area contributed by atoms with Crippen molar-refractivity contribution >= 4 is 51.3 Å². The van der Waals surface area contributed by atoms with Crippen molar-refractivity contribution in [1.29, 1.82) is 0 Å². The lowest BCUT2D eigenvalue weighted by Gasteiger charge is -2.12. The lowest BCUT2D eigenvalue weighted by molar-refractivity contribution is -0.121. The van der Waals surface area contributed by atoms with Gasteiger partial charge in [0.1, 0.15) is 5.75 Å². The third-order valence-corrected chi connectivity index (χ3v) is 6.34. The first-order valence-corrected chi connectivity index (χ1v) is 11.5. The topological polar surface area (TPSA) is 79.2 Å². The van der Waals surface area contributed by atoms with Gasteiger partial charge in [0.2, 0.25) is 0 Å². The number of carboxylic acids is 1. The zero-order valence-electron chi connectivity index (χ0n) is 18.4. The summed E-state index contributed by atoms with van der Waals surface area (Å²) >= 11 is 1.26. The molecule has 1 saturated heterocycles. The Balaban J connectivity index is 1.72. The number of nitrogens with zero attached hydrogens (tertiary/aromatic N) is 2. The molecule has 1 heterocycles. The van der Waals surface area contributed by atoms with Gasteiger partial charge in [-0.15, -0.1) is 0 Å². The van der Waals surface area contributed by atoms with E-state index in [-0.39, 0.29) is 11.5 Å². The van der Waals surface area contributed by atoms with Crippen LogP contribution >= 0.6 is 11.8 Å². The van der Waals surface area contributed by atoms with Gasteiger partial charge in [0, 0.05) is 12.6 Å². The Bertz CT molecular complexity index is 1280. The van der Waals surface area contributed by atoms with Gasteiger partial charge >= 0.3 is 5.97 Å². The van der Waals surface area contributed by atoms with Gasteiger partial charge in [0.15, 0.2) is 5.17 Å². The minimum atomic E-state index is -1.02. The zero-order chi connectivity index (χ0) is 23.4. The average molecular weight is 461 g/mol. The molecule has 4 rings (SSSR count). The summed E-state index contributed by atoms with van der Waals surface area (Å²) in [5.41, 5.74) is 1.49. The molecule has 6 nitrogen and oxygen atoms in total. The maximum absolute atomic E-state index is 13.0. The van der Waals surface area contributed by atoms with Crippen LogP contribution in [0, 0.1) is 0 Å². The van der Waals surface area contributed by atoms with E-state index in [1.807, 2.05) is 42.5 Å². The molecule has 3 aromatic carbocycles. The van der Waals surface area contributed by atoms with Crippen LogP contribution in [0.15, 0.2) is 70.6 Å². The van der Waals surface area contributed by atoms with Crippen molar-refractivity contribution in [3.63, 3.8) is 0 Å². The average Bonchev–Trinajstić information content (AvgIpc) is 3.08. The second-order valence-corrected chi connectivity index (χ2v) is 8.63. The maximum atomic E-state index is 13.0. The fourth-order valence-corrected chi connectivity index (χ4v) is 4.45. The fourth-order valence-electron chi connectivity index (χ4n) is 3.48. The molecule has 0 spiro atoms. The highest BCUT2D eigenvalue weighted by Crippen LogP contribution is 2.37. The van der Waals surface area contributed by atoms with Gasteiger partial charge < -0.3 is 9.84 Å². The van der Waals surface area contributed by atoms with Gasteiger partial charge in [-0.2, -0.15) is 0 Å². The molecule has 3 aromatic rings. The molecule has 0 aliphatic carbocycles. The number of hydrogen-bond donors (Lipinski definition) is 1. The minimum absolute atomic E-state index is 0.147. The second-order valence-electron chi connectivity index (χ2n) is 7.63. The number of aromatic carboxylic acids is 1. The molecule has 1 N–H and O–H groups in total. The van der Waals surface area contributed by atoms with Crippen molar-refractivity contribution in [1.82, 2.24) is 4.90 Å². The van der Waals surface area contributed by atoms with E-state index in [0.29, 0.717) is 22.4 Å². The summed E-state index contributed by atoms with van der Waals surface area (Å²) in [5.74, 6) is -0.446. The number of hydrogen-bond acceptors (Lipinski definition) is 5. The van der Waals surface area contributed by atoms with E-state index in [2.05, 4.69) is 11.9 Å². The van der Waals surface area contributed by atoms with E-state index >= 15 is 0 Å². The molecule has 168 valence electrons. The number of carbonyl (C=O) groups excluding carboxylic acids is 1. The predicted octanol–water partition coefficient (Wildman–Crippen LogP) is 5.95. The number of benzene rings is 3. The van der Waals surface area contributed by atoms with Gasteiger partial charge in [0.25, 0.3) is 5.91 Å². The van der Waals surface area contributed by atoms with Crippen LogP contribution in [0.4, 0.5) is 5.69 Å². The Morgan fingerprint density at radius 3 is 2.76 bits per heavy atom. The summed E-state index contributed by atoms with van der Waals surface area (Å²) in [6.45, 7) is 2.72. The van der Waals surface area contributed by atoms with E-state index in [0.717, 1.165) is 34.9 Å². The van der Waals surface area contributed by atoms with E-state index in [4.69, 9.17) is 4.74 Å². The number of unbranched alkanes of at least 4 members (excludes halogenated alkanes) is 1. The fraction of sp³-hybridized carbons (Fsp3) is 0.192. The molecular formula is C26H24N2O4S. The molecule has 0 radical (unpaired) electrons. The quantitative estimate of drug-likeness (QED) is 0.348. The molecule has 0 atom stereocenters. The van der Waals surface area contributed by atoms with Crippen LogP contribution in [0.1, 0.15) is 35.7 Å². The number of amidine groups is 1. The molecule has 1 aliphatic rings. The molecule has 33 heavy (non-hydrogen) atoms. The number of thioether (sulfide) groups is 1. The zero-order valence-corrected chi connectivity index (χ0v) is 19.3. The van der Waals surface area contributed by atoms with Crippen LogP contribution in [0.2, 0.25) is 0 Å². The van der Waals surface area contributed by atoms with Crippen molar-refractivity contribution in [2.24, 2.45) is 4.99 Å². The van der Waals surface area contributed by atoms with E-state index < -0.39 is 5.97 Å². The van der Waals surface area contributed by atoms with Crippen molar-refractivity contribution in [2.45, 2.75) is 19.8 Å². The first-order chi connectivity index (χ1) is 16.0. The summed E-state index contributed by atoms with van der Waals surface area (Å²) < 4.78 is 6.05. The Labute approximate surface area is 196 Å². The second kappa shape index (κ2) is 9.92. The number of carboxylic acid groups (broad SMARTS) is 1. The van der Waals surface area contributed by atoms with Crippen molar-refractivity contribution < 1.29 is 19.4 Å². The normalized spacial score (nSPS) is 16.2. The highest BCUT2D eigenvalue weighted by molar-refractivity contribution is 8.18. The Hall–Kier alpha value is -3.58. The van der Waals surface area contributed by atoms with Crippen LogP contribution in [-0.2, 0) is 4.79 Å². The van der Waals surface area contributed by atoms with Gasteiger partial charge in [0.05, 0.1) is 22.8 Å². The Kier molecular flexibility index (Phi) is 6.79.